The van der Waals surface area contributed by atoms with E-state index in [4.69, 9.17) is 0 Å². The molecule has 1 amide bonds. The zero-order valence-electron chi connectivity index (χ0n) is 9.81. The van der Waals surface area contributed by atoms with E-state index >= 15 is 0 Å². The first-order chi connectivity index (χ1) is 7.18. The second-order valence-corrected chi connectivity index (χ2v) is 4.37. The van der Waals surface area contributed by atoms with Crippen LogP contribution < -0.4 is 16.0 Å². The number of hydrogen-bond acceptors (Lipinski definition) is 3. The molecule has 0 aromatic heterocycles. The lowest BCUT2D eigenvalue weighted by molar-refractivity contribution is -0.118. The van der Waals surface area contributed by atoms with E-state index in [0.29, 0.717) is 12.1 Å². The molecule has 1 fully saturated rings. The Labute approximate surface area is 92.2 Å². The highest BCUT2D eigenvalue weighted by atomic mass is 16.1. The van der Waals surface area contributed by atoms with Crippen molar-refractivity contribution < 1.29 is 4.79 Å². The Kier molecular flexibility index (Phi) is 5.65. The van der Waals surface area contributed by atoms with Gasteiger partial charge in [-0.2, -0.15) is 0 Å². The van der Waals surface area contributed by atoms with Crippen molar-refractivity contribution in [3.8, 4) is 0 Å². The predicted octanol–water partition coefficient (Wildman–Crippen LogP) is 0.243. The van der Waals surface area contributed by atoms with E-state index < -0.39 is 0 Å². The summed E-state index contributed by atoms with van der Waals surface area (Å²) in [5, 5.41) is 9.67. The molecule has 2 unspecified atom stereocenters. The summed E-state index contributed by atoms with van der Waals surface area (Å²) in [6.45, 7) is 6.49. The van der Waals surface area contributed by atoms with Crippen LogP contribution in [0.3, 0.4) is 0 Å². The van der Waals surface area contributed by atoms with Crippen molar-refractivity contribution in [2.24, 2.45) is 0 Å². The van der Waals surface area contributed by atoms with E-state index in [-0.39, 0.29) is 5.91 Å². The maximum Gasteiger partial charge on any atom is 0.216 e. The summed E-state index contributed by atoms with van der Waals surface area (Å²) in [6, 6.07) is 1.21. The Morgan fingerprint density at radius 3 is 2.93 bits per heavy atom. The third-order valence-corrected chi connectivity index (χ3v) is 2.79. The van der Waals surface area contributed by atoms with Crippen molar-refractivity contribution >= 4 is 5.91 Å². The second kappa shape index (κ2) is 6.80. The molecular weight excluding hydrogens is 190 g/mol. The van der Waals surface area contributed by atoms with Gasteiger partial charge in [-0.25, -0.2) is 0 Å². The van der Waals surface area contributed by atoms with Crippen LogP contribution in [0.15, 0.2) is 0 Å². The smallest absolute Gasteiger partial charge is 0.216 e. The average molecular weight is 213 g/mol. The summed E-state index contributed by atoms with van der Waals surface area (Å²) >= 11 is 0. The number of nitrogens with one attached hydrogen (secondary N) is 3. The molecule has 1 heterocycles. The number of hydrogen-bond donors (Lipinski definition) is 3. The van der Waals surface area contributed by atoms with Crippen LogP contribution in [0.1, 0.15) is 33.1 Å². The Hall–Kier alpha value is -0.610. The third-order valence-electron chi connectivity index (χ3n) is 2.79. The van der Waals surface area contributed by atoms with Crippen LogP contribution in [0.25, 0.3) is 0 Å². The Balaban J connectivity index is 1.97. The molecule has 4 nitrogen and oxygen atoms in total. The minimum absolute atomic E-state index is 0.0434. The lowest BCUT2D eigenvalue weighted by Crippen LogP contribution is -2.38. The molecule has 2 atom stereocenters. The molecule has 1 saturated heterocycles. The first kappa shape index (κ1) is 12.5. The molecule has 88 valence electrons. The SMILES string of the molecule is CC(=O)NCCNC(C)CC1CCCN1. The molecule has 1 aliphatic heterocycles. The van der Waals surface area contributed by atoms with Gasteiger partial charge in [0.2, 0.25) is 5.91 Å². The Morgan fingerprint density at radius 2 is 2.33 bits per heavy atom. The molecule has 1 aliphatic rings. The monoisotopic (exact) mass is 213 g/mol. The van der Waals surface area contributed by atoms with Crippen molar-refractivity contribution in [2.45, 2.75) is 45.2 Å². The fraction of sp³-hybridized carbons (Fsp3) is 0.909. The normalized spacial score (nSPS) is 22.7. The molecule has 4 heteroatoms. The van der Waals surface area contributed by atoms with Gasteiger partial charge in [0.1, 0.15) is 0 Å². The molecule has 0 aromatic carbocycles. The predicted molar refractivity (Wildman–Crippen MR) is 61.8 cm³/mol. The molecule has 3 N–H and O–H groups in total. The van der Waals surface area contributed by atoms with Crippen molar-refractivity contribution in [2.75, 3.05) is 19.6 Å². The molecule has 0 radical (unpaired) electrons. The van der Waals surface area contributed by atoms with Gasteiger partial charge in [-0.1, -0.05) is 0 Å². The van der Waals surface area contributed by atoms with E-state index in [0.717, 1.165) is 13.1 Å². The van der Waals surface area contributed by atoms with Crippen LogP contribution in [0, 0.1) is 0 Å². The highest BCUT2D eigenvalue weighted by Crippen LogP contribution is 2.10. The number of carbonyl (C=O) groups is 1. The van der Waals surface area contributed by atoms with Crippen molar-refractivity contribution in [1.82, 2.24) is 16.0 Å². The lowest BCUT2D eigenvalue weighted by atomic mass is 10.1. The van der Waals surface area contributed by atoms with Crippen LogP contribution in [-0.2, 0) is 4.79 Å². The van der Waals surface area contributed by atoms with Gasteiger partial charge in [0.15, 0.2) is 0 Å². The highest BCUT2D eigenvalue weighted by Gasteiger charge is 2.16. The number of rotatable bonds is 6. The van der Waals surface area contributed by atoms with Crippen LogP contribution in [-0.4, -0.2) is 37.6 Å². The van der Waals surface area contributed by atoms with Gasteiger partial charge >= 0.3 is 0 Å². The van der Waals surface area contributed by atoms with E-state index in [2.05, 4.69) is 22.9 Å². The summed E-state index contributed by atoms with van der Waals surface area (Å²) < 4.78 is 0. The molecule has 15 heavy (non-hydrogen) atoms. The zero-order valence-corrected chi connectivity index (χ0v) is 9.81. The van der Waals surface area contributed by atoms with Crippen LogP contribution in [0.5, 0.6) is 0 Å². The minimum Gasteiger partial charge on any atom is -0.355 e. The summed E-state index contributed by atoms with van der Waals surface area (Å²) in [5.41, 5.74) is 0. The standard InChI is InChI=1S/C11H23N3O/c1-9(8-11-4-3-5-14-11)12-6-7-13-10(2)15/h9,11-12,14H,3-8H2,1-2H3,(H,13,15). The quantitative estimate of drug-likeness (QED) is 0.554. The van der Waals surface area contributed by atoms with Crippen LogP contribution >= 0.6 is 0 Å². The van der Waals surface area contributed by atoms with Gasteiger partial charge in [0, 0.05) is 32.1 Å². The van der Waals surface area contributed by atoms with Crippen LogP contribution in [0.2, 0.25) is 0 Å². The van der Waals surface area contributed by atoms with Gasteiger partial charge in [-0.05, 0) is 32.7 Å². The topological polar surface area (TPSA) is 53.2 Å². The van der Waals surface area contributed by atoms with Gasteiger partial charge in [0.25, 0.3) is 0 Å². The first-order valence-corrected chi connectivity index (χ1v) is 5.89. The van der Waals surface area contributed by atoms with Crippen molar-refractivity contribution in [3.05, 3.63) is 0 Å². The molecule has 0 spiro atoms. The number of carbonyl (C=O) groups excluding carboxylic acids is 1. The largest absolute Gasteiger partial charge is 0.355 e. The summed E-state index contributed by atoms with van der Waals surface area (Å²) in [6.07, 6.45) is 3.79. The fourth-order valence-electron chi connectivity index (χ4n) is 2.03. The average Bonchev–Trinajstić information content (AvgIpc) is 2.64. The van der Waals surface area contributed by atoms with Gasteiger partial charge < -0.3 is 16.0 Å². The Morgan fingerprint density at radius 1 is 1.53 bits per heavy atom. The highest BCUT2D eigenvalue weighted by molar-refractivity contribution is 5.72. The second-order valence-electron chi connectivity index (χ2n) is 4.37. The van der Waals surface area contributed by atoms with Crippen molar-refractivity contribution in [1.29, 1.82) is 0 Å². The molecule has 1 rings (SSSR count). The van der Waals surface area contributed by atoms with Crippen LogP contribution in [0.4, 0.5) is 0 Å². The fourth-order valence-corrected chi connectivity index (χ4v) is 2.03. The Bertz CT molecular complexity index is 190. The maximum absolute atomic E-state index is 10.6. The van der Waals surface area contributed by atoms with Gasteiger partial charge in [-0.3, -0.25) is 4.79 Å². The van der Waals surface area contributed by atoms with Gasteiger partial charge in [0.05, 0.1) is 0 Å². The molecule has 0 bridgehead atoms. The van der Waals surface area contributed by atoms with E-state index in [1.165, 1.54) is 25.8 Å². The molecule has 0 aromatic rings. The van der Waals surface area contributed by atoms with E-state index in [1.54, 1.807) is 6.92 Å². The summed E-state index contributed by atoms with van der Waals surface area (Å²) in [7, 11) is 0. The number of amides is 1. The zero-order chi connectivity index (χ0) is 11.1. The molecular formula is C11H23N3O. The van der Waals surface area contributed by atoms with Gasteiger partial charge in [-0.15, -0.1) is 0 Å². The third kappa shape index (κ3) is 5.74. The van der Waals surface area contributed by atoms with Crippen molar-refractivity contribution in [3.63, 3.8) is 0 Å². The lowest BCUT2D eigenvalue weighted by Gasteiger charge is -2.18. The van der Waals surface area contributed by atoms with E-state index in [1.807, 2.05) is 0 Å². The molecule has 0 aliphatic carbocycles. The minimum atomic E-state index is 0.0434. The summed E-state index contributed by atoms with van der Waals surface area (Å²) in [4.78, 5) is 10.6. The first-order valence-electron chi connectivity index (χ1n) is 5.89. The van der Waals surface area contributed by atoms with E-state index in [9.17, 15) is 4.79 Å². The summed E-state index contributed by atoms with van der Waals surface area (Å²) in [5.74, 6) is 0.0434. The maximum atomic E-state index is 10.6. The molecule has 0 saturated carbocycles.